The molecule has 1 aromatic rings. The number of fused-ring (bicyclic) bond motifs is 2. The molecule has 0 bridgehead atoms. The van der Waals surface area contributed by atoms with Crippen molar-refractivity contribution < 1.29 is 17.9 Å². The van der Waals surface area contributed by atoms with E-state index in [9.17, 15) is 13.2 Å². The number of anilines is 1. The topological polar surface area (TPSA) is 79.0 Å². The Morgan fingerprint density at radius 2 is 1.96 bits per heavy atom. The summed E-state index contributed by atoms with van der Waals surface area (Å²) >= 11 is 0. The second kappa shape index (κ2) is 6.60. The number of nitrogens with zero attached hydrogens (tertiary/aromatic N) is 2. The minimum absolute atomic E-state index is 0.0724. The lowest BCUT2D eigenvalue weighted by molar-refractivity contribution is -0.121. The van der Waals surface area contributed by atoms with Crippen LogP contribution in [0.4, 0.5) is 5.69 Å². The van der Waals surface area contributed by atoms with Crippen molar-refractivity contribution in [1.82, 2.24) is 8.61 Å². The zero-order chi connectivity index (χ0) is 18.4. The number of carbonyl (C=O) groups excluding carboxylic acids is 1. The fraction of sp³-hybridized carbons (Fsp3) is 0.611. The number of rotatable bonds is 4. The lowest BCUT2D eigenvalue weighted by Gasteiger charge is -2.36. The van der Waals surface area contributed by atoms with Crippen LogP contribution < -0.4 is 5.32 Å². The van der Waals surface area contributed by atoms with E-state index in [1.807, 2.05) is 31.2 Å². The number of carbonyl (C=O) groups is 1. The smallest absolute Gasteiger partial charge is 0.282 e. The van der Waals surface area contributed by atoms with Crippen LogP contribution in [0.5, 0.6) is 0 Å². The Hall–Kier alpha value is -1.48. The van der Waals surface area contributed by atoms with Crippen molar-refractivity contribution in [2.45, 2.75) is 37.6 Å². The predicted molar refractivity (Wildman–Crippen MR) is 98.1 cm³/mol. The number of nitrogens with one attached hydrogen (secondary N) is 1. The van der Waals surface area contributed by atoms with E-state index in [0.717, 1.165) is 17.7 Å². The molecule has 0 aromatic heterocycles. The maximum atomic E-state index is 13.3. The molecule has 3 heterocycles. The Bertz CT molecular complexity index is 806. The maximum Gasteiger partial charge on any atom is 0.282 e. The average Bonchev–Trinajstić information content (AvgIpc) is 3.17. The number of benzene rings is 1. The summed E-state index contributed by atoms with van der Waals surface area (Å²) in [5.74, 6) is -0.0724. The summed E-state index contributed by atoms with van der Waals surface area (Å²) in [6.07, 6.45) is 1.99. The molecule has 3 aliphatic rings. The molecule has 7 nitrogen and oxygen atoms in total. The van der Waals surface area contributed by atoms with Crippen molar-refractivity contribution in [3.63, 3.8) is 0 Å². The predicted octanol–water partition coefficient (Wildman–Crippen LogP) is 1.33. The summed E-state index contributed by atoms with van der Waals surface area (Å²) in [6, 6.07) is 7.31. The average molecular weight is 379 g/mol. The third-order valence-electron chi connectivity index (χ3n) is 5.86. The van der Waals surface area contributed by atoms with Gasteiger partial charge in [-0.05, 0) is 24.5 Å². The normalized spacial score (nSPS) is 29.9. The monoisotopic (exact) mass is 379 g/mol. The summed E-state index contributed by atoms with van der Waals surface area (Å²) in [5, 5.41) is 2.98. The molecule has 4 rings (SSSR count). The molecule has 0 saturated carbocycles. The van der Waals surface area contributed by atoms with Crippen LogP contribution in [0, 0.1) is 0 Å². The van der Waals surface area contributed by atoms with Gasteiger partial charge in [-0.3, -0.25) is 4.79 Å². The summed E-state index contributed by atoms with van der Waals surface area (Å²) in [7, 11) is -3.62. The van der Waals surface area contributed by atoms with Gasteiger partial charge in [-0.25, -0.2) is 0 Å². The van der Waals surface area contributed by atoms with Crippen LogP contribution in [-0.4, -0.2) is 61.8 Å². The zero-order valence-corrected chi connectivity index (χ0v) is 15.8. The highest BCUT2D eigenvalue weighted by Gasteiger charge is 2.60. The zero-order valence-electron chi connectivity index (χ0n) is 15.0. The second-order valence-corrected chi connectivity index (χ2v) is 9.04. The fourth-order valence-corrected chi connectivity index (χ4v) is 6.47. The highest BCUT2D eigenvalue weighted by Crippen LogP contribution is 2.50. The molecule has 0 radical (unpaired) electrons. The number of hydrogen-bond acceptors (Lipinski definition) is 4. The summed E-state index contributed by atoms with van der Waals surface area (Å²) < 4.78 is 35.0. The summed E-state index contributed by atoms with van der Waals surface area (Å²) in [6.45, 7) is 3.97. The van der Waals surface area contributed by atoms with Gasteiger partial charge < -0.3 is 10.1 Å². The SMILES string of the molecule is CCC[C@@H]1N(S(=O)(=O)N2CCOCC2)CC[C@]12C(=O)Nc1ccccc12. The van der Waals surface area contributed by atoms with Gasteiger partial charge in [-0.1, -0.05) is 31.5 Å². The van der Waals surface area contributed by atoms with Crippen molar-refractivity contribution in [1.29, 1.82) is 0 Å². The fourth-order valence-electron chi connectivity index (χ4n) is 4.64. The molecule has 1 N–H and O–H groups in total. The van der Waals surface area contributed by atoms with Crippen LogP contribution in [0.1, 0.15) is 31.7 Å². The van der Waals surface area contributed by atoms with Gasteiger partial charge in [-0.15, -0.1) is 0 Å². The molecule has 2 saturated heterocycles. The highest BCUT2D eigenvalue weighted by molar-refractivity contribution is 7.86. The Labute approximate surface area is 154 Å². The second-order valence-electron chi connectivity index (χ2n) is 7.16. The molecular weight excluding hydrogens is 354 g/mol. The van der Waals surface area contributed by atoms with E-state index in [2.05, 4.69) is 5.32 Å². The first-order valence-corrected chi connectivity index (χ1v) is 10.7. The van der Waals surface area contributed by atoms with Gasteiger partial charge in [0, 0.05) is 31.4 Å². The standard InChI is InChI=1S/C18H25N3O4S/c1-2-5-16-18(14-6-3-4-7-15(14)19-17(18)22)8-9-21(16)26(23,24)20-10-12-25-13-11-20/h3-4,6-7,16H,2,5,8-13H2,1H3,(H,19,22)/t16-,18+/m0/s1. The first-order valence-electron chi connectivity index (χ1n) is 9.27. The number of hydrogen-bond donors (Lipinski definition) is 1. The van der Waals surface area contributed by atoms with E-state index < -0.39 is 15.6 Å². The van der Waals surface area contributed by atoms with Crippen molar-refractivity contribution in [3.8, 4) is 0 Å². The van der Waals surface area contributed by atoms with Crippen molar-refractivity contribution in [2.24, 2.45) is 0 Å². The van der Waals surface area contributed by atoms with Gasteiger partial charge in [0.05, 0.1) is 18.6 Å². The van der Waals surface area contributed by atoms with Crippen LogP contribution >= 0.6 is 0 Å². The van der Waals surface area contributed by atoms with Crippen molar-refractivity contribution in [3.05, 3.63) is 29.8 Å². The molecule has 142 valence electrons. The number of ether oxygens (including phenoxy) is 1. The van der Waals surface area contributed by atoms with Crippen molar-refractivity contribution >= 4 is 21.8 Å². The molecular formula is C18H25N3O4S. The van der Waals surface area contributed by atoms with Gasteiger partial charge >= 0.3 is 0 Å². The number of morpholine rings is 1. The van der Waals surface area contributed by atoms with Crippen LogP contribution in [0.25, 0.3) is 0 Å². The van der Waals surface area contributed by atoms with Gasteiger partial charge in [0.15, 0.2) is 0 Å². The van der Waals surface area contributed by atoms with E-state index in [1.165, 1.54) is 4.31 Å². The van der Waals surface area contributed by atoms with E-state index in [4.69, 9.17) is 4.74 Å². The minimum atomic E-state index is -3.62. The summed E-state index contributed by atoms with van der Waals surface area (Å²) in [5.41, 5.74) is 0.957. The lowest BCUT2D eigenvalue weighted by atomic mass is 9.74. The Balaban J connectivity index is 1.75. The molecule has 0 unspecified atom stereocenters. The lowest BCUT2D eigenvalue weighted by Crippen LogP contribution is -2.54. The number of para-hydroxylation sites is 1. The van der Waals surface area contributed by atoms with Crippen molar-refractivity contribution in [2.75, 3.05) is 38.2 Å². The molecule has 8 heteroatoms. The van der Waals surface area contributed by atoms with Gasteiger partial charge in [0.25, 0.3) is 10.2 Å². The van der Waals surface area contributed by atoms with Gasteiger partial charge in [0.1, 0.15) is 0 Å². The van der Waals surface area contributed by atoms with E-state index in [-0.39, 0.29) is 11.9 Å². The van der Waals surface area contributed by atoms with Crippen LogP contribution in [0.3, 0.4) is 0 Å². The van der Waals surface area contributed by atoms with Gasteiger partial charge in [-0.2, -0.15) is 17.0 Å². The Morgan fingerprint density at radius 3 is 2.69 bits per heavy atom. The van der Waals surface area contributed by atoms with Gasteiger partial charge in [0.2, 0.25) is 5.91 Å². The van der Waals surface area contributed by atoms with Crippen LogP contribution in [0.15, 0.2) is 24.3 Å². The number of amides is 1. The minimum Gasteiger partial charge on any atom is -0.379 e. The highest BCUT2D eigenvalue weighted by atomic mass is 32.2. The molecule has 1 amide bonds. The Morgan fingerprint density at radius 1 is 1.23 bits per heavy atom. The third-order valence-corrected chi connectivity index (χ3v) is 7.91. The largest absolute Gasteiger partial charge is 0.379 e. The van der Waals surface area contributed by atoms with Crippen LogP contribution in [0.2, 0.25) is 0 Å². The first-order chi connectivity index (χ1) is 12.5. The van der Waals surface area contributed by atoms with E-state index >= 15 is 0 Å². The first kappa shape index (κ1) is 17.9. The quantitative estimate of drug-likeness (QED) is 0.856. The molecule has 1 aromatic carbocycles. The maximum absolute atomic E-state index is 13.3. The molecule has 26 heavy (non-hydrogen) atoms. The Kier molecular flexibility index (Phi) is 4.54. The van der Waals surface area contributed by atoms with E-state index in [0.29, 0.717) is 45.7 Å². The van der Waals surface area contributed by atoms with E-state index in [1.54, 1.807) is 4.31 Å². The molecule has 0 aliphatic carbocycles. The molecule has 1 spiro atoms. The molecule has 2 atom stereocenters. The third kappa shape index (κ3) is 2.51. The van der Waals surface area contributed by atoms with Crippen LogP contribution in [-0.2, 0) is 25.2 Å². The molecule has 2 fully saturated rings. The summed E-state index contributed by atoms with van der Waals surface area (Å²) in [4.78, 5) is 13.0. The molecule has 3 aliphatic heterocycles.